The number of benzene rings is 3. The number of aliphatic imine (C=N–C) groups is 1. The van der Waals surface area contributed by atoms with Gasteiger partial charge in [-0.2, -0.15) is 0 Å². The maximum Gasteiger partial charge on any atom is 0.354 e. The zero-order valence-electron chi connectivity index (χ0n) is 16.6. The van der Waals surface area contributed by atoms with Crippen molar-refractivity contribution in [3.05, 3.63) is 99.6 Å². The van der Waals surface area contributed by atoms with Crippen molar-refractivity contribution in [2.75, 3.05) is 7.05 Å². The number of carboxylic acid groups (broad SMARTS) is 1. The first-order valence-corrected chi connectivity index (χ1v) is 10.2. The molecule has 152 valence electrons. The second-order valence-electron chi connectivity index (χ2n) is 7.33. The molecule has 0 saturated heterocycles. The lowest BCUT2D eigenvalue weighted by molar-refractivity contribution is -0.129. The van der Waals surface area contributed by atoms with Crippen LogP contribution >= 0.6 is 11.6 Å². The van der Waals surface area contributed by atoms with Gasteiger partial charge in [0.2, 0.25) is 0 Å². The van der Waals surface area contributed by atoms with Gasteiger partial charge in [0.15, 0.2) is 0 Å². The quantitative estimate of drug-likeness (QED) is 0.536. The molecule has 0 bridgehead atoms. The van der Waals surface area contributed by atoms with Gasteiger partial charge in [-0.15, -0.1) is 0 Å². The van der Waals surface area contributed by atoms with Gasteiger partial charge in [0.1, 0.15) is 18.1 Å². The van der Waals surface area contributed by atoms with Gasteiger partial charge < -0.3 is 9.84 Å². The summed E-state index contributed by atoms with van der Waals surface area (Å²) in [5, 5.41) is 10.2. The molecule has 0 fully saturated rings. The summed E-state index contributed by atoms with van der Waals surface area (Å²) in [7, 11) is 1.48. The Morgan fingerprint density at radius 1 is 1.13 bits per heavy atom. The maximum atomic E-state index is 11.4. The zero-order valence-corrected chi connectivity index (χ0v) is 17.4. The molecule has 0 aliphatic heterocycles. The van der Waals surface area contributed by atoms with Crippen LogP contribution in [0.2, 0.25) is 5.02 Å². The Bertz CT molecular complexity index is 1110. The third-order valence-corrected chi connectivity index (χ3v) is 5.79. The Morgan fingerprint density at radius 2 is 1.90 bits per heavy atom. The van der Waals surface area contributed by atoms with E-state index in [4.69, 9.17) is 16.3 Å². The van der Waals surface area contributed by atoms with E-state index in [0.29, 0.717) is 11.5 Å². The van der Waals surface area contributed by atoms with Crippen molar-refractivity contribution >= 4 is 23.3 Å². The topological polar surface area (TPSA) is 58.9 Å². The van der Waals surface area contributed by atoms with Crippen LogP contribution in [0.1, 0.15) is 40.2 Å². The minimum Gasteiger partial charge on any atom is -0.489 e. The van der Waals surface area contributed by atoms with Crippen molar-refractivity contribution < 1.29 is 14.6 Å². The van der Waals surface area contributed by atoms with Crippen LogP contribution < -0.4 is 4.74 Å². The van der Waals surface area contributed by atoms with Crippen LogP contribution in [0.5, 0.6) is 5.75 Å². The summed E-state index contributed by atoms with van der Waals surface area (Å²) in [6, 6.07) is 21.6. The fraction of sp³-hybridized carbons (Fsp3) is 0.200. The number of hydrogen-bond acceptors (Lipinski definition) is 3. The summed E-state index contributed by atoms with van der Waals surface area (Å²) in [6.45, 7) is 0.270. The average molecular weight is 420 g/mol. The number of carboxylic acids is 1. The normalized spacial score (nSPS) is 15.7. The van der Waals surface area contributed by atoms with Crippen molar-refractivity contribution in [1.82, 2.24) is 0 Å². The summed E-state index contributed by atoms with van der Waals surface area (Å²) in [5.41, 5.74) is 5.33. The molecule has 1 unspecified atom stereocenters. The molecule has 1 aliphatic carbocycles. The van der Waals surface area contributed by atoms with Crippen LogP contribution in [0.25, 0.3) is 0 Å². The number of halogens is 1. The summed E-state index contributed by atoms with van der Waals surface area (Å²) < 4.78 is 5.94. The van der Waals surface area contributed by atoms with Crippen LogP contribution in [0.4, 0.5) is 0 Å². The fourth-order valence-electron chi connectivity index (χ4n) is 4.10. The SMILES string of the molecule is CN=C(C(=O)O)c1ccccc1COc1ccc(C2CCc3cc(Cl)ccc32)cc1. The second-order valence-corrected chi connectivity index (χ2v) is 7.76. The summed E-state index contributed by atoms with van der Waals surface area (Å²) in [4.78, 5) is 15.4. The number of hydrogen-bond donors (Lipinski definition) is 1. The van der Waals surface area contributed by atoms with Crippen molar-refractivity contribution in [2.24, 2.45) is 4.99 Å². The van der Waals surface area contributed by atoms with Crippen LogP contribution in [-0.4, -0.2) is 23.8 Å². The number of aryl methyl sites for hydroxylation is 1. The Labute approximate surface area is 180 Å². The second kappa shape index (κ2) is 8.72. The molecule has 0 aromatic heterocycles. The molecule has 3 aromatic rings. The first-order valence-electron chi connectivity index (χ1n) is 9.86. The standard InChI is InChI=1S/C25H22ClNO3/c1-27-24(25(28)29)23-5-3-2-4-18(23)15-30-20-10-6-16(7-11-20)21-12-8-17-14-19(26)9-13-22(17)21/h2-7,9-11,13-14,21H,8,12,15H2,1H3,(H,28,29). The number of fused-ring (bicyclic) bond motifs is 1. The van der Waals surface area contributed by atoms with Gasteiger partial charge in [0, 0.05) is 23.6 Å². The van der Waals surface area contributed by atoms with E-state index in [0.717, 1.165) is 29.2 Å². The Kier molecular flexibility index (Phi) is 5.86. The fourth-order valence-corrected chi connectivity index (χ4v) is 4.29. The van der Waals surface area contributed by atoms with Gasteiger partial charge in [-0.05, 0) is 59.4 Å². The lowest BCUT2D eigenvalue weighted by Gasteiger charge is -2.14. The Balaban J connectivity index is 1.48. The number of ether oxygens (including phenoxy) is 1. The average Bonchev–Trinajstić information content (AvgIpc) is 3.16. The molecule has 5 heteroatoms. The van der Waals surface area contributed by atoms with E-state index in [1.165, 1.54) is 23.7 Å². The lowest BCUT2D eigenvalue weighted by Crippen LogP contribution is -2.17. The third-order valence-electron chi connectivity index (χ3n) is 5.56. The first-order chi connectivity index (χ1) is 14.6. The molecule has 3 aromatic carbocycles. The lowest BCUT2D eigenvalue weighted by atomic mass is 9.93. The monoisotopic (exact) mass is 419 g/mol. The molecule has 0 heterocycles. The highest BCUT2D eigenvalue weighted by atomic mass is 35.5. The smallest absolute Gasteiger partial charge is 0.354 e. The van der Waals surface area contributed by atoms with Gasteiger partial charge in [0.05, 0.1) is 0 Å². The molecular weight excluding hydrogens is 398 g/mol. The molecule has 4 rings (SSSR count). The number of nitrogens with zero attached hydrogens (tertiary/aromatic N) is 1. The summed E-state index contributed by atoms with van der Waals surface area (Å²) in [6.07, 6.45) is 2.12. The molecule has 1 N–H and O–H groups in total. The molecule has 1 aliphatic rings. The highest BCUT2D eigenvalue weighted by Gasteiger charge is 2.24. The summed E-state index contributed by atoms with van der Waals surface area (Å²) >= 11 is 6.12. The molecule has 0 spiro atoms. The molecule has 1 atom stereocenters. The number of carbonyl (C=O) groups is 1. The highest BCUT2D eigenvalue weighted by Crippen LogP contribution is 2.39. The van der Waals surface area contributed by atoms with Crippen molar-refractivity contribution in [2.45, 2.75) is 25.4 Å². The van der Waals surface area contributed by atoms with Crippen molar-refractivity contribution in [1.29, 1.82) is 0 Å². The molecule has 0 amide bonds. The van der Waals surface area contributed by atoms with E-state index in [1.54, 1.807) is 12.1 Å². The van der Waals surface area contributed by atoms with Gasteiger partial charge >= 0.3 is 5.97 Å². The Hall–Kier alpha value is -3.11. The van der Waals surface area contributed by atoms with Crippen LogP contribution in [-0.2, 0) is 17.8 Å². The van der Waals surface area contributed by atoms with E-state index in [9.17, 15) is 9.90 Å². The van der Waals surface area contributed by atoms with Crippen molar-refractivity contribution in [3.8, 4) is 5.75 Å². The van der Waals surface area contributed by atoms with E-state index in [2.05, 4.69) is 29.3 Å². The highest BCUT2D eigenvalue weighted by molar-refractivity contribution is 6.42. The van der Waals surface area contributed by atoms with Crippen LogP contribution in [0.3, 0.4) is 0 Å². The van der Waals surface area contributed by atoms with E-state index < -0.39 is 5.97 Å². The van der Waals surface area contributed by atoms with Gasteiger partial charge in [-0.3, -0.25) is 4.99 Å². The predicted octanol–water partition coefficient (Wildman–Crippen LogP) is 5.50. The van der Waals surface area contributed by atoms with E-state index >= 15 is 0 Å². The minimum atomic E-state index is -1.05. The van der Waals surface area contributed by atoms with Gasteiger partial charge in [-0.1, -0.05) is 54.1 Å². The zero-order chi connectivity index (χ0) is 21.1. The number of rotatable bonds is 6. The summed E-state index contributed by atoms with van der Waals surface area (Å²) in [5.74, 6) is 0.0755. The van der Waals surface area contributed by atoms with E-state index in [1.807, 2.05) is 30.3 Å². The number of aliphatic carboxylic acids is 1. The minimum absolute atomic E-state index is 0.0320. The Morgan fingerprint density at radius 3 is 2.63 bits per heavy atom. The van der Waals surface area contributed by atoms with Crippen LogP contribution in [0, 0.1) is 0 Å². The predicted molar refractivity (Wildman–Crippen MR) is 119 cm³/mol. The van der Waals surface area contributed by atoms with Crippen molar-refractivity contribution in [3.63, 3.8) is 0 Å². The van der Waals surface area contributed by atoms with E-state index in [-0.39, 0.29) is 12.3 Å². The van der Waals surface area contributed by atoms with Gasteiger partial charge in [0.25, 0.3) is 0 Å². The first kappa shape index (κ1) is 20.2. The molecule has 0 radical (unpaired) electrons. The molecular formula is C25H22ClNO3. The third kappa shape index (κ3) is 4.10. The molecule has 0 saturated carbocycles. The van der Waals surface area contributed by atoms with Gasteiger partial charge in [-0.25, -0.2) is 4.79 Å². The maximum absolute atomic E-state index is 11.4. The molecule has 4 nitrogen and oxygen atoms in total. The largest absolute Gasteiger partial charge is 0.489 e. The van der Waals surface area contributed by atoms with Crippen LogP contribution in [0.15, 0.2) is 71.7 Å². The molecule has 30 heavy (non-hydrogen) atoms.